The standard InChI is InChI=1S/C10H26P2/c1-3-5-6-7-8-10-12-11-9-4-2/h12H,3-10H2,1-2,11H3. The van der Waals surface area contributed by atoms with Crippen molar-refractivity contribution in [2.75, 3.05) is 12.3 Å². The number of hydrogen-bond donors (Lipinski definition) is 0. The molecule has 0 radical (unpaired) electrons. The number of hydrogen-bond acceptors (Lipinski definition) is 0. The summed E-state index contributed by atoms with van der Waals surface area (Å²) in [6.07, 6.45) is 11.9. The van der Waals surface area contributed by atoms with Gasteiger partial charge in [0.25, 0.3) is 0 Å². The van der Waals surface area contributed by atoms with E-state index in [2.05, 4.69) is 13.8 Å². The van der Waals surface area contributed by atoms with Crippen LogP contribution in [0.25, 0.3) is 0 Å². The molecule has 0 saturated carbocycles. The number of rotatable bonds is 9. The third-order valence-electron chi connectivity index (χ3n) is 2.16. The minimum absolute atomic E-state index is 0.400. The summed E-state index contributed by atoms with van der Waals surface area (Å²) in [5.74, 6) is 0. The summed E-state index contributed by atoms with van der Waals surface area (Å²) in [4.78, 5) is 0. The second kappa shape index (κ2) is 11.9. The minimum atomic E-state index is 0.400. The fraction of sp³-hybridized carbons (Fsp3) is 1.00. The van der Waals surface area contributed by atoms with E-state index in [1.54, 1.807) is 12.3 Å². The van der Waals surface area contributed by atoms with Crippen molar-refractivity contribution in [1.82, 2.24) is 0 Å². The molecule has 0 bridgehead atoms. The van der Waals surface area contributed by atoms with Crippen LogP contribution in [0.15, 0.2) is 0 Å². The molecule has 0 aliphatic rings. The van der Waals surface area contributed by atoms with Crippen molar-refractivity contribution in [3.05, 3.63) is 0 Å². The summed E-state index contributed by atoms with van der Waals surface area (Å²) in [7, 11) is 1.79. The van der Waals surface area contributed by atoms with Gasteiger partial charge >= 0.3 is 81.2 Å². The molecule has 12 heavy (non-hydrogen) atoms. The van der Waals surface area contributed by atoms with Gasteiger partial charge in [0.15, 0.2) is 0 Å². The van der Waals surface area contributed by atoms with Gasteiger partial charge in [-0.1, -0.05) is 0 Å². The molecule has 0 aromatic heterocycles. The summed E-state index contributed by atoms with van der Waals surface area (Å²) >= 11 is 0. The SMILES string of the molecule is CCCCCCCP[PH3]CCC. The van der Waals surface area contributed by atoms with E-state index in [0.29, 0.717) is 8.27 Å². The van der Waals surface area contributed by atoms with Crippen LogP contribution in [0, 0.1) is 0 Å². The van der Waals surface area contributed by atoms with Crippen LogP contribution in [0.2, 0.25) is 0 Å². The van der Waals surface area contributed by atoms with Crippen molar-refractivity contribution in [1.29, 1.82) is 0 Å². The molecule has 0 aliphatic carbocycles. The van der Waals surface area contributed by atoms with E-state index in [9.17, 15) is 0 Å². The van der Waals surface area contributed by atoms with Crippen LogP contribution in [0.1, 0.15) is 52.4 Å². The predicted molar refractivity (Wildman–Crippen MR) is 68.2 cm³/mol. The average Bonchev–Trinajstić information content (AvgIpc) is 2.10. The van der Waals surface area contributed by atoms with Crippen LogP contribution < -0.4 is 0 Å². The summed E-state index contributed by atoms with van der Waals surface area (Å²) in [5, 5.41) is 0. The molecule has 0 heterocycles. The summed E-state index contributed by atoms with van der Waals surface area (Å²) in [5.41, 5.74) is 0. The second-order valence-electron chi connectivity index (χ2n) is 3.52. The van der Waals surface area contributed by atoms with Gasteiger partial charge < -0.3 is 0 Å². The van der Waals surface area contributed by atoms with E-state index in [-0.39, 0.29) is 0 Å². The molecule has 0 nitrogen and oxygen atoms in total. The Morgan fingerprint density at radius 2 is 1.67 bits per heavy atom. The molecular weight excluding hydrogens is 182 g/mol. The van der Waals surface area contributed by atoms with E-state index < -0.39 is 0 Å². The van der Waals surface area contributed by atoms with Gasteiger partial charge in [0, 0.05) is 0 Å². The quantitative estimate of drug-likeness (QED) is 0.395. The zero-order chi connectivity index (χ0) is 9.07. The van der Waals surface area contributed by atoms with E-state index in [1.807, 2.05) is 0 Å². The Balaban J connectivity index is 2.73. The summed E-state index contributed by atoms with van der Waals surface area (Å²) in [6, 6.07) is 0. The van der Waals surface area contributed by atoms with Gasteiger partial charge in [0.05, 0.1) is 0 Å². The Morgan fingerprint density at radius 3 is 2.33 bits per heavy atom. The Morgan fingerprint density at radius 1 is 0.917 bits per heavy atom. The Hall–Kier alpha value is 0.860. The second-order valence-corrected chi connectivity index (χ2v) is 8.72. The van der Waals surface area contributed by atoms with Crippen molar-refractivity contribution >= 4 is 16.5 Å². The first-order valence-corrected chi connectivity index (χ1v) is 10.2. The molecule has 0 fully saturated rings. The van der Waals surface area contributed by atoms with Crippen molar-refractivity contribution in [3.63, 3.8) is 0 Å². The first-order valence-electron chi connectivity index (χ1n) is 5.62. The van der Waals surface area contributed by atoms with Gasteiger partial charge in [-0.15, -0.1) is 0 Å². The molecule has 1 unspecified atom stereocenters. The average molecular weight is 208 g/mol. The molecule has 0 rings (SSSR count). The molecule has 0 aromatic rings. The molecule has 0 amide bonds. The van der Waals surface area contributed by atoms with E-state index in [1.165, 1.54) is 46.8 Å². The van der Waals surface area contributed by atoms with Crippen LogP contribution in [0.3, 0.4) is 0 Å². The zero-order valence-electron chi connectivity index (χ0n) is 8.86. The number of unbranched alkanes of at least 4 members (excludes halogenated alkanes) is 4. The monoisotopic (exact) mass is 208 g/mol. The first-order chi connectivity index (χ1) is 5.91. The van der Waals surface area contributed by atoms with Crippen molar-refractivity contribution in [2.45, 2.75) is 52.4 Å². The van der Waals surface area contributed by atoms with Crippen molar-refractivity contribution in [2.24, 2.45) is 0 Å². The maximum absolute atomic E-state index is 2.32. The van der Waals surface area contributed by atoms with Crippen LogP contribution >= 0.6 is 16.5 Å². The van der Waals surface area contributed by atoms with Gasteiger partial charge in [0.1, 0.15) is 0 Å². The third kappa shape index (κ3) is 10.9. The molecule has 0 spiro atoms. The topological polar surface area (TPSA) is 0 Å². The van der Waals surface area contributed by atoms with Crippen LogP contribution in [0.5, 0.6) is 0 Å². The first kappa shape index (κ1) is 12.9. The molecule has 0 saturated heterocycles. The fourth-order valence-corrected chi connectivity index (χ4v) is 5.94. The molecule has 0 aliphatic heterocycles. The van der Waals surface area contributed by atoms with Gasteiger partial charge in [-0.05, 0) is 0 Å². The van der Waals surface area contributed by atoms with Crippen LogP contribution in [-0.4, -0.2) is 12.3 Å². The van der Waals surface area contributed by atoms with Crippen molar-refractivity contribution in [3.8, 4) is 0 Å². The van der Waals surface area contributed by atoms with Crippen LogP contribution in [-0.2, 0) is 0 Å². The summed E-state index contributed by atoms with van der Waals surface area (Å²) in [6.45, 7) is 4.61. The molecule has 1 atom stereocenters. The zero-order valence-corrected chi connectivity index (χ0v) is 11.3. The molecule has 76 valence electrons. The summed E-state index contributed by atoms with van der Waals surface area (Å²) < 4.78 is 0. The predicted octanol–water partition coefficient (Wildman–Crippen LogP) is 4.10. The van der Waals surface area contributed by atoms with Gasteiger partial charge in [-0.25, -0.2) is 0 Å². The Bertz CT molecular complexity index is 64.2. The van der Waals surface area contributed by atoms with Crippen molar-refractivity contribution < 1.29 is 0 Å². The van der Waals surface area contributed by atoms with E-state index >= 15 is 0 Å². The van der Waals surface area contributed by atoms with Gasteiger partial charge in [-0.3, -0.25) is 0 Å². The fourth-order valence-electron chi connectivity index (χ4n) is 1.28. The van der Waals surface area contributed by atoms with Gasteiger partial charge in [0.2, 0.25) is 0 Å². The Kier molecular flexibility index (Phi) is 12.7. The third-order valence-corrected chi connectivity index (χ3v) is 7.47. The molecule has 0 N–H and O–H groups in total. The van der Waals surface area contributed by atoms with Crippen LogP contribution in [0.4, 0.5) is 0 Å². The molecule has 0 aromatic carbocycles. The normalized spacial score (nSPS) is 11.8. The maximum atomic E-state index is 2.32. The molecule has 2 heteroatoms. The van der Waals surface area contributed by atoms with Gasteiger partial charge in [-0.2, -0.15) is 0 Å². The Labute approximate surface area is 81.7 Å². The van der Waals surface area contributed by atoms with E-state index in [0.717, 1.165) is 0 Å². The van der Waals surface area contributed by atoms with E-state index in [4.69, 9.17) is 0 Å². The molecular formula is C10H26P2.